The van der Waals surface area contributed by atoms with E-state index in [0.29, 0.717) is 30.5 Å². The predicted molar refractivity (Wildman–Crippen MR) is 124 cm³/mol. The van der Waals surface area contributed by atoms with Crippen LogP contribution < -0.4 is 18.9 Å². The van der Waals surface area contributed by atoms with Crippen molar-refractivity contribution in [2.45, 2.75) is 0 Å². The molecule has 0 radical (unpaired) electrons. The Balaban J connectivity index is 1.40. The third-order valence-corrected chi connectivity index (χ3v) is 4.78. The van der Waals surface area contributed by atoms with Crippen molar-refractivity contribution in [1.82, 2.24) is 0 Å². The van der Waals surface area contributed by atoms with Crippen LogP contribution in [-0.2, 0) is 9.53 Å². The number of benzene rings is 3. The van der Waals surface area contributed by atoms with E-state index in [-0.39, 0.29) is 11.6 Å². The van der Waals surface area contributed by atoms with Crippen molar-refractivity contribution in [2.75, 3.05) is 27.4 Å². The Morgan fingerprint density at radius 2 is 1.61 bits per heavy atom. The highest BCUT2D eigenvalue weighted by molar-refractivity contribution is 6.12. The van der Waals surface area contributed by atoms with Crippen LogP contribution in [0, 0.1) is 0 Å². The number of aliphatic imine (C=N–C) groups is 1. The normalized spacial score (nSPS) is 13.9. The third-order valence-electron chi connectivity index (χ3n) is 4.78. The van der Waals surface area contributed by atoms with Crippen LogP contribution in [0.25, 0.3) is 6.08 Å². The number of ether oxygens (including phenoxy) is 5. The molecule has 3 aromatic carbocycles. The van der Waals surface area contributed by atoms with Gasteiger partial charge in [0.25, 0.3) is 0 Å². The van der Waals surface area contributed by atoms with Gasteiger partial charge in [-0.3, -0.25) is 0 Å². The van der Waals surface area contributed by atoms with Gasteiger partial charge in [0.15, 0.2) is 17.2 Å². The van der Waals surface area contributed by atoms with Gasteiger partial charge in [-0.25, -0.2) is 9.79 Å². The number of carbonyl (C=O) groups excluding carboxylic acids is 1. The average Bonchev–Trinajstić information content (AvgIpc) is 3.23. The van der Waals surface area contributed by atoms with Crippen LogP contribution in [0.5, 0.6) is 23.0 Å². The van der Waals surface area contributed by atoms with Gasteiger partial charge >= 0.3 is 5.97 Å². The number of nitrogens with zero attached hydrogens (tertiary/aromatic N) is 1. The molecular formula is C26H23NO6. The van der Waals surface area contributed by atoms with Crippen molar-refractivity contribution >= 4 is 17.9 Å². The van der Waals surface area contributed by atoms with Gasteiger partial charge in [-0.05, 0) is 48.0 Å². The summed E-state index contributed by atoms with van der Waals surface area (Å²) in [7, 11) is 3.17. The third kappa shape index (κ3) is 5.51. The Morgan fingerprint density at radius 3 is 2.39 bits per heavy atom. The first-order valence-corrected chi connectivity index (χ1v) is 10.3. The number of methoxy groups -OCH3 is 2. The molecule has 3 aromatic rings. The summed E-state index contributed by atoms with van der Waals surface area (Å²) in [5, 5.41) is 0. The topological polar surface area (TPSA) is 75.6 Å². The zero-order chi connectivity index (χ0) is 23.0. The Kier molecular flexibility index (Phi) is 6.90. The zero-order valence-corrected chi connectivity index (χ0v) is 18.3. The minimum Gasteiger partial charge on any atom is -0.497 e. The molecule has 7 heteroatoms. The van der Waals surface area contributed by atoms with Gasteiger partial charge in [0.1, 0.15) is 24.7 Å². The molecule has 0 saturated heterocycles. The lowest BCUT2D eigenvalue weighted by Crippen LogP contribution is -2.09. The van der Waals surface area contributed by atoms with Gasteiger partial charge in [0, 0.05) is 11.6 Å². The van der Waals surface area contributed by atoms with Crippen LogP contribution >= 0.6 is 0 Å². The first-order chi connectivity index (χ1) is 16.2. The molecule has 0 saturated carbocycles. The van der Waals surface area contributed by atoms with Crippen LogP contribution in [0.4, 0.5) is 0 Å². The van der Waals surface area contributed by atoms with Gasteiger partial charge < -0.3 is 23.7 Å². The molecule has 0 bridgehead atoms. The molecule has 7 nitrogen and oxygen atoms in total. The van der Waals surface area contributed by atoms with E-state index in [0.717, 1.165) is 16.9 Å². The fourth-order valence-corrected chi connectivity index (χ4v) is 3.17. The molecule has 0 spiro atoms. The quantitative estimate of drug-likeness (QED) is 0.274. The smallest absolute Gasteiger partial charge is 0.363 e. The van der Waals surface area contributed by atoms with Crippen molar-refractivity contribution in [3.8, 4) is 23.0 Å². The fraction of sp³-hybridized carbons (Fsp3) is 0.154. The maximum absolute atomic E-state index is 12.2. The van der Waals surface area contributed by atoms with Crippen LogP contribution in [0.3, 0.4) is 0 Å². The number of carbonyl (C=O) groups is 1. The highest BCUT2D eigenvalue weighted by atomic mass is 16.6. The van der Waals surface area contributed by atoms with Crippen molar-refractivity contribution in [1.29, 1.82) is 0 Å². The Bertz CT molecular complexity index is 1190. The summed E-state index contributed by atoms with van der Waals surface area (Å²) in [5.41, 5.74) is 1.69. The summed E-state index contributed by atoms with van der Waals surface area (Å²) >= 11 is 0. The number of cyclic esters (lactones) is 1. The molecule has 33 heavy (non-hydrogen) atoms. The summed E-state index contributed by atoms with van der Waals surface area (Å²) in [4.78, 5) is 16.6. The number of rotatable bonds is 9. The van der Waals surface area contributed by atoms with Crippen molar-refractivity contribution in [3.63, 3.8) is 0 Å². The number of hydrogen-bond donors (Lipinski definition) is 0. The van der Waals surface area contributed by atoms with E-state index in [2.05, 4.69) is 4.99 Å². The highest BCUT2D eigenvalue weighted by Crippen LogP contribution is 2.30. The first-order valence-electron chi connectivity index (χ1n) is 10.3. The van der Waals surface area contributed by atoms with E-state index >= 15 is 0 Å². The summed E-state index contributed by atoms with van der Waals surface area (Å²) in [6.07, 6.45) is 1.65. The van der Waals surface area contributed by atoms with Crippen LogP contribution in [-0.4, -0.2) is 39.3 Å². The van der Waals surface area contributed by atoms with Gasteiger partial charge in [-0.1, -0.05) is 30.3 Å². The molecule has 0 N–H and O–H groups in total. The molecule has 0 aromatic heterocycles. The predicted octanol–water partition coefficient (Wildman–Crippen LogP) is 4.51. The summed E-state index contributed by atoms with van der Waals surface area (Å²) in [5.74, 6) is 2.32. The zero-order valence-electron chi connectivity index (χ0n) is 18.3. The fourth-order valence-electron chi connectivity index (χ4n) is 3.17. The van der Waals surface area contributed by atoms with Crippen LogP contribution in [0.1, 0.15) is 11.1 Å². The molecule has 0 fully saturated rings. The number of esters is 1. The minimum atomic E-state index is -0.497. The van der Waals surface area contributed by atoms with Gasteiger partial charge in [0.2, 0.25) is 5.90 Å². The average molecular weight is 445 g/mol. The summed E-state index contributed by atoms with van der Waals surface area (Å²) < 4.78 is 27.4. The maximum Gasteiger partial charge on any atom is 0.363 e. The second kappa shape index (κ2) is 10.4. The van der Waals surface area contributed by atoms with E-state index in [1.165, 1.54) is 0 Å². The second-order valence-corrected chi connectivity index (χ2v) is 6.99. The molecule has 0 atom stereocenters. The van der Waals surface area contributed by atoms with Gasteiger partial charge in [0.05, 0.1) is 14.2 Å². The second-order valence-electron chi connectivity index (χ2n) is 6.99. The Morgan fingerprint density at radius 1 is 0.818 bits per heavy atom. The van der Waals surface area contributed by atoms with E-state index in [1.807, 2.05) is 60.7 Å². The highest BCUT2D eigenvalue weighted by Gasteiger charge is 2.24. The van der Waals surface area contributed by atoms with E-state index in [4.69, 9.17) is 23.7 Å². The summed E-state index contributed by atoms with van der Waals surface area (Å²) in [6, 6.07) is 22.0. The maximum atomic E-state index is 12.2. The Labute approximate surface area is 191 Å². The molecule has 1 heterocycles. The van der Waals surface area contributed by atoms with Crippen LogP contribution in [0.2, 0.25) is 0 Å². The van der Waals surface area contributed by atoms with E-state index in [1.54, 1.807) is 32.4 Å². The minimum absolute atomic E-state index is 0.219. The lowest BCUT2D eigenvalue weighted by molar-refractivity contribution is -0.129. The lowest BCUT2D eigenvalue weighted by atomic mass is 10.1. The SMILES string of the molecule is COc1cccc(OCCOc2ccc(/C=C3/N=C(c4ccccc4)OC3=O)cc2OC)c1. The standard InChI is InChI=1S/C26H23NO6/c1-29-20-9-6-10-21(17-20)31-13-14-32-23-12-11-18(16-24(23)30-2)15-22-26(28)33-25(27-22)19-7-4-3-5-8-19/h3-12,15-17H,13-14H2,1-2H3/b22-15+. The molecule has 1 aliphatic heterocycles. The monoisotopic (exact) mass is 445 g/mol. The van der Waals surface area contributed by atoms with E-state index < -0.39 is 5.97 Å². The molecule has 0 aliphatic carbocycles. The summed E-state index contributed by atoms with van der Waals surface area (Å²) in [6.45, 7) is 0.677. The molecule has 1 aliphatic rings. The van der Waals surface area contributed by atoms with E-state index in [9.17, 15) is 4.79 Å². The van der Waals surface area contributed by atoms with Crippen LogP contribution in [0.15, 0.2) is 83.5 Å². The Hall–Kier alpha value is -4.26. The van der Waals surface area contributed by atoms with Crippen molar-refractivity contribution < 1.29 is 28.5 Å². The van der Waals surface area contributed by atoms with Gasteiger partial charge in [-0.15, -0.1) is 0 Å². The molecular weight excluding hydrogens is 422 g/mol. The lowest BCUT2D eigenvalue weighted by Gasteiger charge is -2.12. The number of hydrogen-bond acceptors (Lipinski definition) is 7. The molecule has 0 amide bonds. The van der Waals surface area contributed by atoms with Crippen molar-refractivity contribution in [2.24, 2.45) is 4.99 Å². The van der Waals surface area contributed by atoms with Gasteiger partial charge in [-0.2, -0.15) is 0 Å². The molecule has 0 unspecified atom stereocenters. The van der Waals surface area contributed by atoms with Crippen molar-refractivity contribution in [3.05, 3.63) is 89.6 Å². The molecule has 4 rings (SSSR count). The molecule has 168 valence electrons. The largest absolute Gasteiger partial charge is 0.497 e. The first kappa shape index (κ1) is 22.0.